The summed E-state index contributed by atoms with van der Waals surface area (Å²) in [5, 5.41) is 10.5. The normalized spacial score (nSPS) is 16.8. The first-order chi connectivity index (χ1) is 7.74. The van der Waals surface area contributed by atoms with Crippen molar-refractivity contribution in [1.82, 2.24) is 4.98 Å². The van der Waals surface area contributed by atoms with Crippen LogP contribution in [-0.4, -0.2) is 21.8 Å². The molecule has 0 amide bonds. The Labute approximate surface area is 103 Å². The second kappa shape index (κ2) is 5.68. The van der Waals surface area contributed by atoms with Gasteiger partial charge in [0, 0.05) is 11.1 Å². The number of carboxylic acid groups (broad SMARTS) is 1. The molecule has 0 spiro atoms. The Kier molecular flexibility index (Phi) is 4.23. The number of thiazole rings is 1. The number of rotatable bonds is 5. The molecule has 0 atom stereocenters. The third-order valence-electron chi connectivity index (χ3n) is 2.78. The molecule has 5 heteroatoms. The van der Waals surface area contributed by atoms with E-state index in [-0.39, 0.29) is 6.42 Å². The van der Waals surface area contributed by atoms with Crippen molar-refractivity contribution in [3.05, 3.63) is 11.1 Å². The highest BCUT2D eigenvalue weighted by Gasteiger charge is 2.16. The second-order valence-corrected chi connectivity index (χ2v) is 6.26. The van der Waals surface area contributed by atoms with E-state index < -0.39 is 5.97 Å². The van der Waals surface area contributed by atoms with Crippen LogP contribution in [-0.2, 0) is 11.2 Å². The monoisotopic (exact) mass is 257 g/mol. The predicted octanol–water partition coefficient (Wildman–Crippen LogP) is 3.05. The summed E-state index contributed by atoms with van der Waals surface area (Å²) < 4.78 is 1.02. The largest absolute Gasteiger partial charge is 0.481 e. The van der Waals surface area contributed by atoms with Gasteiger partial charge >= 0.3 is 5.97 Å². The number of carbonyl (C=O) groups is 1. The summed E-state index contributed by atoms with van der Waals surface area (Å²) in [6.45, 7) is 0. The van der Waals surface area contributed by atoms with Crippen LogP contribution in [0.1, 0.15) is 31.4 Å². The first-order valence-electron chi connectivity index (χ1n) is 5.53. The summed E-state index contributed by atoms with van der Waals surface area (Å²) in [6.07, 6.45) is 5.47. The highest BCUT2D eigenvalue weighted by Crippen LogP contribution is 2.32. The number of thioether (sulfide) groups is 1. The molecule has 88 valence electrons. The third-order valence-corrected chi connectivity index (χ3v) is 5.08. The number of aromatic nitrogens is 1. The lowest BCUT2D eigenvalue weighted by Gasteiger charge is -2.05. The average Bonchev–Trinajstić information content (AvgIpc) is 2.84. The number of nitrogens with zero attached hydrogens (tertiary/aromatic N) is 1. The first-order valence-corrected chi connectivity index (χ1v) is 7.39. The molecule has 0 bridgehead atoms. The smallest absolute Gasteiger partial charge is 0.309 e. The van der Waals surface area contributed by atoms with Crippen LogP contribution in [0.4, 0.5) is 0 Å². The van der Waals surface area contributed by atoms with Crippen LogP contribution < -0.4 is 0 Å². The average molecular weight is 257 g/mol. The van der Waals surface area contributed by atoms with Gasteiger partial charge in [0.2, 0.25) is 0 Å². The molecule has 0 aliphatic heterocycles. The molecule has 1 N–H and O–H groups in total. The van der Waals surface area contributed by atoms with Crippen molar-refractivity contribution < 1.29 is 9.90 Å². The Bertz CT molecular complexity index is 359. The molecule has 1 aliphatic rings. The van der Waals surface area contributed by atoms with Gasteiger partial charge < -0.3 is 5.11 Å². The molecular weight excluding hydrogens is 242 g/mol. The number of carboxylic acids is 1. The van der Waals surface area contributed by atoms with Crippen molar-refractivity contribution in [3.8, 4) is 0 Å². The third kappa shape index (κ3) is 3.49. The Balaban J connectivity index is 1.80. The molecule has 0 aromatic carbocycles. The van der Waals surface area contributed by atoms with Crippen LogP contribution in [0.25, 0.3) is 0 Å². The fourth-order valence-corrected chi connectivity index (χ4v) is 4.01. The molecule has 0 saturated heterocycles. The van der Waals surface area contributed by atoms with E-state index in [9.17, 15) is 4.79 Å². The Morgan fingerprint density at radius 3 is 3.00 bits per heavy atom. The Morgan fingerprint density at radius 1 is 1.56 bits per heavy atom. The molecule has 2 rings (SSSR count). The molecule has 1 heterocycles. The summed E-state index contributed by atoms with van der Waals surface area (Å²) >= 11 is 3.34. The van der Waals surface area contributed by atoms with E-state index in [2.05, 4.69) is 4.98 Å². The molecular formula is C11H15NO2S2. The molecule has 1 aromatic rings. The predicted molar refractivity (Wildman–Crippen MR) is 66.1 cm³/mol. The topological polar surface area (TPSA) is 50.2 Å². The van der Waals surface area contributed by atoms with Gasteiger partial charge in [-0.05, 0) is 18.8 Å². The lowest BCUT2D eigenvalue weighted by molar-refractivity contribution is -0.136. The van der Waals surface area contributed by atoms with E-state index in [0.717, 1.165) is 16.0 Å². The highest BCUT2D eigenvalue weighted by molar-refractivity contribution is 8.01. The van der Waals surface area contributed by atoms with E-state index >= 15 is 0 Å². The van der Waals surface area contributed by atoms with Crippen LogP contribution in [0.15, 0.2) is 9.72 Å². The molecule has 1 saturated carbocycles. The van der Waals surface area contributed by atoms with Gasteiger partial charge in [0.15, 0.2) is 0 Å². The molecule has 1 fully saturated rings. The van der Waals surface area contributed by atoms with E-state index in [1.54, 1.807) is 23.1 Å². The van der Waals surface area contributed by atoms with Crippen LogP contribution in [0.2, 0.25) is 0 Å². The molecule has 3 nitrogen and oxygen atoms in total. The van der Waals surface area contributed by atoms with Crippen molar-refractivity contribution in [2.75, 3.05) is 5.75 Å². The first kappa shape index (κ1) is 11.9. The van der Waals surface area contributed by atoms with Crippen molar-refractivity contribution in [2.45, 2.75) is 36.4 Å². The Hall–Kier alpha value is -0.550. The minimum atomic E-state index is -0.808. The summed E-state index contributed by atoms with van der Waals surface area (Å²) in [5.74, 6) is 1.18. The van der Waals surface area contributed by atoms with Gasteiger partial charge in [-0.3, -0.25) is 4.79 Å². The van der Waals surface area contributed by atoms with Gasteiger partial charge in [-0.2, -0.15) is 0 Å². The highest BCUT2D eigenvalue weighted by atomic mass is 32.2. The van der Waals surface area contributed by atoms with Crippen molar-refractivity contribution >= 4 is 29.1 Å². The zero-order chi connectivity index (χ0) is 11.4. The van der Waals surface area contributed by atoms with Gasteiger partial charge in [-0.1, -0.05) is 24.6 Å². The number of hydrogen-bond donors (Lipinski definition) is 1. The van der Waals surface area contributed by atoms with Crippen molar-refractivity contribution in [2.24, 2.45) is 5.92 Å². The fraction of sp³-hybridized carbons (Fsp3) is 0.636. The standard InChI is InChI=1S/C11H15NO2S2/c13-10(14)5-9-7-16-11(12-9)15-6-8-3-1-2-4-8/h7-8H,1-6H2,(H,13,14). The summed E-state index contributed by atoms with van der Waals surface area (Å²) in [4.78, 5) is 14.8. The second-order valence-electron chi connectivity index (χ2n) is 4.14. The lowest BCUT2D eigenvalue weighted by atomic mass is 10.1. The number of aliphatic carboxylic acids is 1. The molecule has 16 heavy (non-hydrogen) atoms. The Morgan fingerprint density at radius 2 is 2.31 bits per heavy atom. The van der Waals surface area contributed by atoms with Gasteiger partial charge in [-0.15, -0.1) is 11.3 Å². The maximum Gasteiger partial charge on any atom is 0.309 e. The number of hydrogen-bond acceptors (Lipinski definition) is 4. The van der Waals surface area contributed by atoms with Crippen LogP contribution >= 0.6 is 23.1 Å². The fourth-order valence-electron chi connectivity index (χ4n) is 1.96. The van der Waals surface area contributed by atoms with Crippen LogP contribution in [0.5, 0.6) is 0 Å². The van der Waals surface area contributed by atoms with Crippen molar-refractivity contribution in [1.29, 1.82) is 0 Å². The zero-order valence-electron chi connectivity index (χ0n) is 9.02. The van der Waals surface area contributed by atoms with Crippen LogP contribution in [0, 0.1) is 5.92 Å². The molecule has 0 unspecified atom stereocenters. The summed E-state index contributed by atoms with van der Waals surface area (Å²) in [7, 11) is 0. The maximum atomic E-state index is 10.5. The molecule has 1 aliphatic carbocycles. The van der Waals surface area contributed by atoms with Gasteiger partial charge in [0.1, 0.15) is 4.34 Å². The van der Waals surface area contributed by atoms with E-state index in [0.29, 0.717) is 5.69 Å². The van der Waals surface area contributed by atoms with Gasteiger partial charge in [0.05, 0.1) is 12.1 Å². The molecule has 1 aromatic heterocycles. The lowest BCUT2D eigenvalue weighted by Crippen LogP contribution is -2.00. The van der Waals surface area contributed by atoms with E-state index in [1.165, 1.54) is 25.7 Å². The maximum absolute atomic E-state index is 10.5. The van der Waals surface area contributed by atoms with Crippen molar-refractivity contribution in [3.63, 3.8) is 0 Å². The summed E-state index contributed by atoms with van der Waals surface area (Å²) in [5.41, 5.74) is 0.687. The van der Waals surface area contributed by atoms with E-state index in [1.807, 2.05) is 5.38 Å². The van der Waals surface area contributed by atoms with Crippen LogP contribution in [0.3, 0.4) is 0 Å². The molecule has 0 radical (unpaired) electrons. The van der Waals surface area contributed by atoms with Gasteiger partial charge in [-0.25, -0.2) is 4.98 Å². The zero-order valence-corrected chi connectivity index (χ0v) is 10.6. The minimum Gasteiger partial charge on any atom is -0.481 e. The summed E-state index contributed by atoms with van der Waals surface area (Å²) in [6, 6.07) is 0. The SMILES string of the molecule is O=C(O)Cc1csc(SCC2CCCC2)n1. The van der Waals surface area contributed by atoms with Gasteiger partial charge in [0.25, 0.3) is 0 Å². The van der Waals surface area contributed by atoms with E-state index in [4.69, 9.17) is 5.11 Å². The quantitative estimate of drug-likeness (QED) is 0.824. The minimum absolute atomic E-state index is 0.0422.